The molecule has 0 atom stereocenters. The van der Waals surface area contributed by atoms with Gasteiger partial charge >= 0.3 is 6.18 Å². The molecule has 0 radical (unpaired) electrons. The Kier molecular flexibility index (Phi) is 6.29. The quantitative estimate of drug-likeness (QED) is 0.750. The molecule has 9 heteroatoms. The van der Waals surface area contributed by atoms with E-state index in [1.807, 2.05) is 24.3 Å². The Morgan fingerprint density at radius 1 is 1.19 bits per heavy atom. The van der Waals surface area contributed by atoms with Gasteiger partial charge < -0.3 is 14.6 Å². The van der Waals surface area contributed by atoms with Crippen LogP contribution in [0.3, 0.4) is 0 Å². The summed E-state index contributed by atoms with van der Waals surface area (Å²) in [4.78, 5) is 19.7. The van der Waals surface area contributed by atoms with Crippen molar-refractivity contribution in [1.82, 2.24) is 14.8 Å². The van der Waals surface area contributed by atoms with Crippen LogP contribution < -0.4 is 0 Å². The number of piperazine rings is 1. The van der Waals surface area contributed by atoms with E-state index in [0.717, 1.165) is 10.9 Å². The first kappa shape index (κ1) is 20.0. The number of hydrogen-bond acceptors (Lipinski definition) is 3. The molecule has 1 amide bonds. The van der Waals surface area contributed by atoms with E-state index >= 15 is 0 Å². The molecule has 0 spiro atoms. The smallest absolute Gasteiger partial charge is 0.372 e. The number of aromatic amines is 1. The van der Waals surface area contributed by atoms with Crippen LogP contribution in [0, 0.1) is 0 Å². The molecule has 1 aliphatic heterocycles. The molecule has 3 rings (SSSR count). The van der Waals surface area contributed by atoms with Crippen LogP contribution >= 0.6 is 11.6 Å². The second kappa shape index (κ2) is 8.50. The van der Waals surface area contributed by atoms with E-state index in [-0.39, 0.29) is 12.5 Å². The van der Waals surface area contributed by atoms with Crippen molar-refractivity contribution in [3.63, 3.8) is 0 Å². The number of hydrogen-bond donors (Lipinski definition) is 1. The Bertz CT molecular complexity index is 786. The number of amides is 1. The van der Waals surface area contributed by atoms with E-state index in [1.165, 1.54) is 0 Å². The van der Waals surface area contributed by atoms with E-state index in [0.29, 0.717) is 49.9 Å². The molecule has 0 saturated carbocycles. The van der Waals surface area contributed by atoms with Crippen molar-refractivity contribution < 1.29 is 22.7 Å². The van der Waals surface area contributed by atoms with Gasteiger partial charge in [0.15, 0.2) is 0 Å². The fourth-order valence-corrected chi connectivity index (χ4v) is 3.46. The van der Waals surface area contributed by atoms with Gasteiger partial charge in [0, 0.05) is 50.2 Å². The van der Waals surface area contributed by atoms with Crippen LogP contribution in [0.4, 0.5) is 13.2 Å². The van der Waals surface area contributed by atoms with E-state index in [4.69, 9.17) is 11.6 Å². The molecule has 148 valence electrons. The van der Waals surface area contributed by atoms with Crippen molar-refractivity contribution in [2.45, 2.75) is 12.6 Å². The Hall–Kier alpha value is -1.77. The highest BCUT2D eigenvalue weighted by molar-refractivity contribution is 6.38. The van der Waals surface area contributed by atoms with Crippen LogP contribution in [-0.2, 0) is 4.74 Å². The number of para-hydroxylation sites is 1. The molecule has 2 heterocycles. The Morgan fingerprint density at radius 2 is 1.89 bits per heavy atom. The molecule has 1 saturated heterocycles. The van der Waals surface area contributed by atoms with E-state index in [9.17, 15) is 18.0 Å². The lowest BCUT2D eigenvalue weighted by atomic mass is 10.2. The van der Waals surface area contributed by atoms with E-state index < -0.39 is 12.8 Å². The molecule has 0 bridgehead atoms. The van der Waals surface area contributed by atoms with Crippen molar-refractivity contribution in [3.05, 3.63) is 35.0 Å². The Balaban J connectivity index is 1.46. The molecule has 0 aliphatic carbocycles. The zero-order valence-electron chi connectivity index (χ0n) is 14.7. The van der Waals surface area contributed by atoms with Gasteiger partial charge in [-0.15, -0.1) is 0 Å². The average molecular weight is 404 g/mol. The number of nitrogens with zero attached hydrogens (tertiary/aromatic N) is 2. The fraction of sp³-hybridized carbons (Fsp3) is 0.500. The highest BCUT2D eigenvalue weighted by atomic mass is 35.5. The molecular weight excluding hydrogens is 383 g/mol. The molecule has 1 aromatic heterocycles. The number of H-pyrrole nitrogens is 1. The number of alkyl halides is 3. The maximum Gasteiger partial charge on any atom is 0.411 e. The zero-order valence-corrected chi connectivity index (χ0v) is 15.4. The van der Waals surface area contributed by atoms with Crippen molar-refractivity contribution in [3.8, 4) is 0 Å². The minimum atomic E-state index is -4.28. The Labute approximate surface area is 160 Å². The minimum absolute atomic E-state index is 0.0727. The van der Waals surface area contributed by atoms with Gasteiger partial charge in [0.2, 0.25) is 0 Å². The molecule has 1 aliphatic rings. The highest BCUT2D eigenvalue weighted by Gasteiger charge is 2.28. The summed E-state index contributed by atoms with van der Waals surface area (Å²) >= 11 is 6.35. The third-order valence-electron chi connectivity index (χ3n) is 4.54. The van der Waals surface area contributed by atoms with Gasteiger partial charge in [-0.3, -0.25) is 9.69 Å². The second-order valence-corrected chi connectivity index (χ2v) is 6.89. The minimum Gasteiger partial charge on any atom is -0.372 e. The van der Waals surface area contributed by atoms with Crippen LogP contribution in [-0.4, -0.2) is 72.8 Å². The van der Waals surface area contributed by atoms with Crippen LogP contribution in [0.25, 0.3) is 10.9 Å². The predicted octanol–water partition coefficient (Wildman–Crippen LogP) is 3.55. The lowest BCUT2D eigenvalue weighted by molar-refractivity contribution is -0.174. The summed E-state index contributed by atoms with van der Waals surface area (Å²) in [5.74, 6) is -0.135. The van der Waals surface area contributed by atoms with Crippen molar-refractivity contribution >= 4 is 28.4 Å². The molecule has 1 aromatic carbocycles. The normalized spacial score (nSPS) is 16.2. The van der Waals surface area contributed by atoms with Gasteiger partial charge in [0.25, 0.3) is 5.91 Å². The maximum atomic E-state index is 12.8. The van der Waals surface area contributed by atoms with Gasteiger partial charge in [-0.1, -0.05) is 29.8 Å². The number of rotatable bonds is 6. The SMILES string of the molecule is O=C(c1[nH]c2ccccc2c1Cl)N1CCN(CCCOCC(F)(F)F)CC1. The van der Waals surface area contributed by atoms with Crippen molar-refractivity contribution in [2.24, 2.45) is 0 Å². The summed E-state index contributed by atoms with van der Waals surface area (Å²) < 4.78 is 40.6. The summed E-state index contributed by atoms with van der Waals surface area (Å²) in [6.45, 7) is 1.95. The number of carbonyl (C=O) groups is 1. The maximum absolute atomic E-state index is 12.8. The monoisotopic (exact) mass is 403 g/mol. The third kappa shape index (κ3) is 5.15. The number of aromatic nitrogens is 1. The number of benzene rings is 1. The highest BCUT2D eigenvalue weighted by Crippen LogP contribution is 2.28. The van der Waals surface area contributed by atoms with Crippen LogP contribution in [0.5, 0.6) is 0 Å². The number of fused-ring (bicyclic) bond motifs is 1. The second-order valence-electron chi connectivity index (χ2n) is 6.51. The Morgan fingerprint density at radius 3 is 2.56 bits per heavy atom. The van der Waals surface area contributed by atoms with Gasteiger partial charge in [0.05, 0.1) is 5.02 Å². The lowest BCUT2D eigenvalue weighted by Gasteiger charge is -2.34. The lowest BCUT2D eigenvalue weighted by Crippen LogP contribution is -2.49. The standard InChI is InChI=1S/C18H21ClF3N3O2/c19-15-13-4-1-2-5-14(13)23-16(15)17(26)25-9-7-24(8-10-25)6-3-11-27-12-18(20,21)22/h1-2,4-5,23H,3,6-12H2. The summed E-state index contributed by atoms with van der Waals surface area (Å²) in [6, 6.07) is 7.48. The first-order valence-electron chi connectivity index (χ1n) is 8.77. The number of ether oxygens (including phenoxy) is 1. The number of carbonyl (C=O) groups excluding carboxylic acids is 1. The molecular formula is C18H21ClF3N3O2. The summed E-state index contributed by atoms with van der Waals surface area (Å²) in [7, 11) is 0. The van der Waals surface area contributed by atoms with Gasteiger partial charge in [-0.2, -0.15) is 13.2 Å². The summed E-state index contributed by atoms with van der Waals surface area (Å²) in [6.07, 6.45) is -3.76. The molecule has 1 N–H and O–H groups in total. The summed E-state index contributed by atoms with van der Waals surface area (Å²) in [5, 5.41) is 1.25. The average Bonchev–Trinajstić information content (AvgIpc) is 2.97. The fourth-order valence-electron chi connectivity index (χ4n) is 3.17. The van der Waals surface area contributed by atoms with Crippen molar-refractivity contribution in [1.29, 1.82) is 0 Å². The molecule has 2 aromatic rings. The summed E-state index contributed by atoms with van der Waals surface area (Å²) in [5.41, 5.74) is 1.22. The topological polar surface area (TPSA) is 48.6 Å². The first-order chi connectivity index (χ1) is 12.8. The van der Waals surface area contributed by atoms with Gasteiger partial charge in [0.1, 0.15) is 12.3 Å². The molecule has 1 fully saturated rings. The van der Waals surface area contributed by atoms with Gasteiger partial charge in [-0.05, 0) is 12.5 Å². The van der Waals surface area contributed by atoms with E-state index in [1.54, 1.807) is 4.90 Å². The number of halogens is 4. The van der Waals surface area contributed by atoms with Crippen LogP contribution in [0.15, 0.2) is 24.3 Å². The van der Waals surface area contributed by atoms with Crippen molar-refractivity contribution in [2.75, 3.05) is 45.9 Å². The first-order valence-corrected chi connectivity index (χ1v) is 9.15. The van der Waals surface area contributed by atoms with Crippen LogP contribution in [0.1, 0.15) is 16.9 Å². The van der Waals surface area contributed by atoms with Gasteiger partial charge in [-0.25, -0.2) is 0 Å². The van der Waals surface area contributed by atoms with E-state index in [2.05, 4.69) is 14.6 Å². The number of nitrogens with one attached hydrogen (secondary N) is 1. The molecule has 27 heavy (non-hydrogen) atoms. The van der Waals surface area contributed by atoms with Crippen LogP contribution in [0.2, 0.25) is 5.02 Å². The predicted molar refractivity (Wildman–Crippen MR) is 97.1 cm³/mol. The largest absolute Gasteiger partial charge is 0.411 e. The molecule has 0 unspecified atom stereocenters. The zero-order chi connectivity index (χ0) is 19.4. The third-order valence-corrected chi connectivity index (χ3v) is 4.94. The molecule has 5 nitrogen and oxygen atoms in total.